The second-order valence-corrected chi connectivity index (χ2v) is 8.53. The van der Waals surface area contributed by atoms with Crippen molar-refractivity contribution in [1.82, 2.24) is 29.3 Å². The number of aliphatic hydroxyl groups is 4. The second kappa shape index (κ2) is 8.88. The minimum atomic E-state index is -1.32. The van der Waals surface area contributed by atoms with Crippen LogP contribution in [0.3, 0.4) is 0 Å². The summed E-state index contributed by atoms with van der Waals surface area (Å²) < 4.78 is 8.51. The molecule has 2 aliphatic rings. The quantitative estimate of drug-likeness (QED) is 0.252. The maximum absolute atomic E-state index is 11.1. The van der Waals surface area contributed by atoms with Gasteiger partial charge in [-0.05, 0) is 19.3 Å². The van der Waals surface area contributed by atoms with Crippen LogP contribution in [-0.4, -0.2) is 100 Å². The highest BCUT2D eigenvalue weighted by Gasteiger charge is 2.44. The summed E-state index contributed by atoms with van der Waals surface area (Å²) in [4.78, 5) is 26.0. The van der Waals surface area contributed by atoms with E-state index in [1.807, 2.05) is 0 Å². The molecule has 2 unspecified atom stereocenters. The molecule has 1 saturated carbocycles. The summed E-state index contributed by atoms with van der Waals surface area (Å²) in [6, 6.07) is -0.223. The molecule has 1 aliphatic heterocycles. The number of amides is 1. The number of aromatic nitrogens is 6. The Labute approximate surface area is 193 Å². The van der Waals surface area contributed by atoms with Crippen LogP contribution in [0.2, 0.25) is 0 Å². The number of carbonyl (C=O) groups is 1. The van der Waals surface area contributed by atoms with Crippen LogP contribution in [0.5, 0.6) is 0 Å². The number of imidazole rings is 1. The van der Waals surface area contributed by atoms with E-state index in [9.17, 15) is 25.2 Å². The molecule has 1 saturated heterocycles. The highest BCUT2D eigenvalue weighted by molar-refractivity contribution is 5.84. The zero-order chi connectivity index (χ0) is 24.0. The average Bonchev–Trinajstić information content (AvgIpc) is 3.62. The van der Waals surface area contributed by atoms with Gasteiger partial charge in [-0.25, -0.2) is 9.67 Å². The minimum absolute atomic E-state index is 0.154. The van der Waals surface area contributed by atoms with Gasteiger partial charge in [-0.2, -0.15) is 15.1 Å². The fourth-order valence-corrected chi connectivity index (χ4v) is 4.35. The summed E-state index contributed by atoms with van der Waals surface area (Å²) in [5, 5.41) is 48.0. The highest BCUT2D eigenvalue weighted by atomic mass is 16.6. The molecule has 4 heterocycles. The third-order valence-electron chi connectivity index (χ3n) is 6.34. The van der Waals surface area contributed by atoms with Crippen LogP contribution in [0.25, 0.3) is 17.1 Å². The molecule has 3 aromatic rings. The standard InChI is InChI=1S/C20H26N8O6/c1-26(9-30)10-5-22-28(6-10)20-24-17(23-11-3-2-4-12(11)31)14-18(25-20)27(8-21-14)19-16(33)15(32)13(7-29)34-19/h5-6,8-9,11-13,15-16,19,29,31-33H,2-4,7H2,1H3,(H,23,24,25)/t11-,12-,13-,15?,16?,19-/m1/s1. The number of rotatable bonds is 7. The van der Waals surface area contributed by atoms with E-state index in [1.54, 1.807) is 13.2 Å². The van der Waals surface area contributed by atoms with Gasteiger partial charge in [0.05, 0.1) is 43.2 Å². The molecule has 0 aromatic carbocycles. The molecule has 14 nitrogen and oxygen atoms in total. The van der Waals surface area contributed by atoms with Gasteiger partial charge >= 0.3 is 0 Å². The summed E-state index contributed by atoms with van der Waals surface area (Å²) in [5.74, 6) is 0.513. The summed E-state index contributed by atoms with van der Waals surface area (Å²) >= 11 is 0. The molecule has 5 N–H and O–H groups in total. The maximum atomic E-state index is 11.1. The largest absolute Gasteiger partial charge is 0.394 e. The molecule has 0 spiro atoms. The molecule has 182 valence electrons. The third-order valence-corrected chi connectivity index (χ3v) is 6.34. The fourth-order valence-electron chi connectivity index (χ4n) is 4.35. The SMILES string of the molecule is CN(C=O)c1cnn(-c2nc(N[C@@H]3CCC[C@H]3O)c3ncn([C@@H]4O[C@H](CO)C(O)C4O)c3n2)c1. The number of aliphatic hydroxyl groups excluding tert-OH is 4. The molecule has 6 atom stereocenters. The van der Waals surface area contributed by atoms with Gasteiger partial charge in [0.25, 0.3) is 5.95 Å². The highest BCUT2D eigenvalue weighted by Crippen LogP contribution is 2.33. The van der Waals surface area contributed by atoms with E-state index in [0.29, 0.717) is 29.9 Å². The number of ether oxygens (including phenoxy) is 1. The first-order valence-corrected chi connectivity index (χ1v) is 11.0. The van der Waals surface area contributed by atoms with Gasteiger partial charge in [-0.1, -0.05) is 0 Å². The summed E-state index contributed by atoms with van der Waals surface area (Å²) in [7, 11) is 1.59. The van der Waals surface area contributed by atoms with Crippen molar-refractivity contribution in [1.29, 1.82) is 0 Å². The van der Waals surface area contributed by atoms with Crippen molar-refractivity contribution in [2.45, 2.75) is 55.9 Å². The van der Waals surface area contributed by atoms with Crippen molar-refractivity contribution < 1.29 is 30.0 Å². The lowest BCUT2D eigenvalue weighted by Crippen LogP contribution is -2.33. The van der Waals surface area contributed by atoms with Crippen molar-refractivity contribution in [2.24, 2.45) is 0 Å². The number of hydrogen-bond acceptors (Lipinski definition) is 11. The molecule has 14 heteroatoms. The summed E-state index contributed by atoms with van der Waals surface area (Å²) in [5.41, 5.74) is 1.19. The van der Waals surface area contributed by atoms with Crippen LogP contribution in [0.1, 0.15) is 25.5 Å². The van der Waals surface area contributed by atoms with Crippen molar-refractivity contribution in [3.63, 3.8) is 0 Å². The first-order valence-electron chi connectivity index (χ1n) is 11.0. The Kier molecular flexibility index (Phi) is 5.91. The van der Waals surface area contributed by atoms with Gasteiger partial charge in [0.2, 0.25) is 6.41 Å². The molecule has 0 bridgehead atoms. The number of nitrogens with one attached hydrogen (secondary N) is 1. The van der Waals surface area contributed by atoms with E-state index >= 15 is 0 Å². The molecule has 5 rings (SSSR count). The van der Waals surface area contributed by atoms with Crippen LogP contribution in [0.15, 0.2) is 18.7 Å². The molecule has 0 radical (unpaired) electrons. The van der Waals surface area contributed by atoms with Crippen LogP contribution >= 0.6 is 0 Å². The predicted molar refractivity (Wildman–Crippen MR) is 117 cm³/mol. The van der Waals surface area contributed by atoms with Gasteiger partial charge in [0.1, 0.15) is 18.3 Å². The van der Waals surface area contributed by atoms with E-state index in [0.717, 1.165) is 12.8 Å². The van der Waals surface area contributed by atoms with Gasteiger partial charge in [-0.15, -0.1) is 0 Å². The molecule has 1 amide bonds. The van der Waals surface area contributed by atoms with Crippen molar-refractivity contribution in [3.8, 4) is 5.95 Å². The number of hydrogen-bond donors (Lipinski definition) is 5. The Morgan fingerprint density at radius 3 is 2.76 bits per heavy atom. The molecule has 1 aliphatic carbocycles. The first kappa shape index (κ1) is 22.6. The summed E-state index contributed by atoms with van der Waals surface area (Å²) in [6.07, 6.45) is 2.29. The van der Waals surface area contributed by atoms with E-state index in [2.05, 4.69) is 25.4 Å². The van der Waals surface area contributed by atoms with Gasteiger partial charge in [-0.3, -0.25) is 9.36 Å². The second-order valence-electron chi connectivity index (χ2n) is 8.53. The minimum Gasteiger partial charge on any atom is -0.394 e. The zero-order valence-corrected chi connectivity index (χ0v) is 18.3. The molecule has 34 heavy (non-hydrogen) atoms. The number of nitrogens with zero attached hydrogens (tertiary/aromatic N) is 7. The normalized spacial score (nSPS) is 29.1. The smallest absolute Gasteiger partial charge is 0.254 e. The average molecular weight is 474 g/mol. The van der Waals surface area contributed by atoms with Crippen molar-refractivity contribution in [3.05, 3.63) is 18.7 Å². The van der Waals surface area contributed by atoms with Crippen LogP contribution in [0.4, 0.5) is 11.5 Å². The Hall–Kier alpha value is -3.17. The van der Waals surface area contributed by atoms with E-state index < -0.39 is 37.3 Å². The van der Waals surface area contributed by atoms with E-state index in [4.69, 9.17) is 4.74 Å². The van der Waals surface area contributed by atoms with Gasteiger partial charge in [0, 0.05) is 7.05 Å². The van der Waals surface area contributed by atoms with Crippen molar-refractivity contribution in [2.75, 3.05) is 23.9 Å². The summed E-state index contributed by atoms with van der Waals surface area (Å²) in [6.45, 7) is -0.464. The van der Waals surface area contributed by atoms with E-state index in [1.165, 1.54) is 26.7 Å². The Morgan fingerprint density at radius 2 is 2.09 bits per heavy atom. The number of anilines is 2. The topological polar surface area (TPSA) is 184 Å². The lowest BCUT2D eigenvalue weighted by molar-refractivity contribution is -0.107. The molecule has 3 aromatic heterocycles. The molecule has 2 fully saturated rings. The van der Waals surface area contributed by atoms with Crippen molar-refractivity contribution >= 4 is 29.1 Å². The fraction of sp³-hybridized carbons (Fsp3) is 0.550. The zero-order valence-electron chi connectivity index (χ0n) is 18.3. The number of fused-ring (bicyclic) bond motifs is 1. The lowest BCUT2D eigenvalue weighted by Gasteiger charge is -2.19. The Bertz CT molecular complexity index is 1180. The third kappa shape index (κ3) is 3.78. The van der Waals surface area contributed by atoms with Gasteiger partial charge in [0.15, 0.2) is 23.2 Å². The number of carbonyl (C=O) groups excluding carboxylic acids is 1. The van der Waals surface area contributed by atoms with E-state index in [-0.39, 0.29) is 17.6 Å². The van der Waals surface area contributed by atoms with Gasteiger partial charge < -0.3 is 35.4 Å². The molecular weight excluding hydrogens is 448 g/mol. The Balaban J connectivity index is 1.60. The molecular formula is C20H26N8O6. The maximum Gasteiger partial charge on any atom is 0.254 e. The van der Waals surface area contributed by atoms with Crippen LogP contribution in [-0.2, 0) is 9.53 Å². The predicted octanol–water partition coefficient (Wildman–Crippen LogP) is -1.46. The van der Waals surface area contributed by atoms with Crippen LogP contribution in [0, 0.1) is 0 Å². The van der Waals surface area contributed by atoms with Crippen LogP contribution < -0.4 is 10.2 Å². The first-order chi connectivity index (χ1) is 16.4. The Morgan fingerprint density at radius 1 is 1.26 bits per heavy atom. The lowest BCUT2D eigenvalue weighted by atomic mass is 10.1. The monoisotopic (exact) mass is 474 g/mol.